The van der Waals surface area contributed by atoms with Crippen LogP contribution in [0, 0.1) is 0 Å². The SMILES string of the molecule is CCC(=O)Oc1c[nH]c2ccccc12.[NaH]. The second-order valence-corrected chi connectivity index (χ2v) is 3.03. The summed E-state index contributed by atoms with van der Waals surface area (Å²) in [5, 5.41) is 0.939. The van der Waals surface area contributed by atoms with Gasteiger partial charge in [-0.05, 0) is 12.1 Å². The van der Waals surface area contributed by atoms with Crippen molar-refractivity contribution >= 4 is 46.4 Å². The predicted octanol–water partition coefficient (Wildman–Crippen LogP) is 1.83. The first-order chi connectivity index (χ1) is 6.81. The van der Waals surface area contributed by atoms with E-state index in [2.05, 4.69) is 4.98 Å². The fraction of sp³-hybridized carbons (Fsp3) is 0.182. The minimum atomic E-state index is -0.213. The Morgan fingerprint density at radius 2 is 2.13 bits per heavy atom. The van der Waals surface area contributed by atoms with Crippen molar-refractivity contribution in [1.29, 1.82) is 0 Å². The molecule has 0 aliphatic rings. The van der Waals surface area contributed by atoms with E-state index in [4.69, 9.17) is 4.74 Å². The Morgan fingerprint density at radius 3 is 2.87 bits per heavy atom. The molecule has 0 radical (unpaired) electrons. The molecule has 1 aromatic heterocycles. The number of rotatable bonds is 2. The summed E-state index contributed by atoms with van der Waals surface area (Å²) in [4.78, 5) is 14.1. The first-order valence-corrected chi connectivity index (χ1v) is 4.58. The van der Waals surface area contributed by atoms with Gasteiger partial charge in [-0.1, -0.05) is 19.1 Å². The third-order valence-corrected chi connectivity index (χ3v) is 2.06. The van der Waals surface area contributed by atoms with Crippen molar-refractivity contribution < 1.29 is 9.53 Å². The number of nitrogens with one attached hydrogen (secondary N) is 1. The van der Waals surface area contributed by atoms with Crippen LogP contribution in [0.4, 0.5) is 0 Å². The van der Waals surface area contributed by atoms with E-state index in [1.54, 1.807) is 13.1 Å². The number of carbonyl (C=O) groups excluding carboxylic acids is 1. The van der Waals surface area contributed by atoms with Gasteiger partial charge in [0.05, 0.1) is 0 Å². The number of benzene rings is 1. The number of para-hydroxylation sites is 1. The van der Waals surface area contributed by atoms with Crippen molar-refractivity contribution in [2.45, 2.75) is 13.3 Å². The van der Waals surface area contributed by atoms with Crippen molar-refractivity contribution in [1.82, 2.24) is 4.98 Å². The molecule has 1 heterocycles. The summed E-state index contributed by atoms with van der Waals surface area (Å²) in [5.41, 5.74) is 0.978. The molecule has 2 aromatic rings. The maximum atomic E-state index is 11.1. The van der Waals surface area contributed by atoms with E-state index >= 15 is 0 Å². The molecule has 0 bridgehead atoms. The summed E-state index contributed by atoms with van der Waals surface area (Å²) in [6.07, 6.45) is 2.09. The van der Waals surface area contributed by atoms with Gasteiger partial charge in [0.2, 0.25) is 0 Å². The molecule has 0 saturated heterocycles. The van der Waals surface area contributed by atoms with Crippen LogP contribution in [0.5, 0.6) is 5.75 Å². The van der Waals surface area contributed by atoms with Gasteiger partial charge in [-0.15, -0.1) is 0 Å². The Bertz CT molecular complexity index is 464. The number of H-pyrrole nitrogens is 1. The van der Waals surface area contributed by atoms with Crippen LogP contribution >= 0.6 is 0 Å². The molecule has 15 heavy (non-hydrogen) atoms. The van der Waals surface area contributed by atoms with E-state index < -0.39 is 0 Å². The number of esters is 1. The van der Waals surface area contributed by atoms with E-state index in [1.165, 1.54) is 0 Å². The minimum absolute atomic E-state index is 0. The third-order valence-electron chi connectivity index (χ3n) is 2.06. The van der Waals surface area contributed by atoms with E-state index in [0.717, 1.165) is 10.9 Å². The Balaban J connectivity index is 0.00000112. The zero-order chi connectivity index (χ0) is 9.97. The normalized spacial score (nSPS) is 9.67. The second-order valence-electron chi connectivity index (χ2n) is 3.03. The first kappa shape index (κ1) is 12.3. The van der Waals surface area contributed by atoms with Crippen LogP contribution in [0.15, 0.2) is 30.5 Å². The molecule has 74 valence electrons. The second kappa shape index (κ2) is 5.35. The van der Waals surface area contributed by atoms with Crippen molar-refractivity contribution in [3.63, 3.8) is 0 Å². The summed E-state index contributed by atoms with van der Waals surface area (Å²) in [7, 11) is 0. The van der Waals surface area contributed by atoms with E-state index in [1.807, 2.05) is 24.3 Å². The Morgan fingerprint density at radius 1 is 1.40 bits per heavy atom. The molecule has 1 aromatic carbocycles. The third kappa shape index (κ3) is 2.62. The van der Waals surface area contributed by atoms with Crippen molar-refractivity contribution in [3.8, 4) is 5.75 Å². The molecule has 1 N–H and O–H groups in total. The van der Waals surface area contributed by atoms with Gasteiger partial charge in [-0.25, -0.2) is 0 Å². The molecular formula is C11H12NNaO2. The molecule has 0 aliphatic carbocycles. The molecule has 0 unspecified atom stereocenters. The molecule has 0 aliphatic heterocycles. The standard InChI is InChI=1S/C11H11NO2.Na.H/c1-2-11(13)14-10-7-12-9-6-4-3-5-8(9)10;;/h3-7,12H,2H2,1H3;;. The van der Waals surface area contributed by atoms with Crippen LogP contribution in [-0.4, -0.2) is 40.5 Å². The van der Waals surface area contributed by atoms with Crippen molar-refractivity contribution in [2.24, 2.45) is 0 Å². The molecule has 3 nitrogen and oxygen atoms in total. The first-order valence-electron chi connectivity index (χ1n) is 4.58. The number of ether oxygens (including phenoxy) is 1. The molecule has 0 fully saturated rings. The van der Waals surface area contributed by atoms with Gasteiger partial charge in [-0.2, -0.15) is 0 Å². The van der Waals surface area contributed by atoms with Crippen LogP contribution in [0.1, 0.15) is 13.3 Å². The number of fused-ring (bicyclic) bond motifs is 1. The zero-order valence-electron chi connectivity index (χ0n) is 7.91. The quantitative estimate of drug-likeness (QED) is 0.611. The van der Waals surface area contributed by atoms with Crippen LogP contribution in [0.3, 0.4) is 0 Å². The number of aromatic nitrogens is 1. The summed E-state index contributed by atoms with van der Waals surface area (Å²) < 4.78 is 5.15. The number of aromatic amines is 1. The van der Waals surface area contributed by atoms with E-state index in [-0.39, 0.29) is 35.5 Å². The Hall–Kier alpha value is -0.770. The Kier molecular flexibility index (Phi) is 4.39. The number of carbonyl (C=O) groups is 1. The fourth-order valence-corrected chi connectivity index (χ4v) is 1.32. The van der Waals surface area contributed by atoms with Crippen molar-refractivity contribution in [2.75, 3.05) is 0 Å². The molecule has 0 spiro atoms. The van der Waals surface area contributed by atoms with Gasteiger partial charge in [0.25, 0.3) is 0 Å². The van der Waals surface area contributed by atoms with Crippen molar-refractivity contribution in [3.05, 3.63) is 30.5 Å². The Labute approximate surface area is 110 Å². The average Bonchev–Trinajstić information content (AvgIpc) is 2.62. The van der Waals surface area contributed by atoms with Crippen LogP contribution in [0.2, 0.25) is 0 Å². The number of hydrogen-bond donors (Lipinski definition) is 1. The van der Waals surface area contributed by atoms with Crippen LogP contribution in [-0.2, 0) is 4.79 Å². The van der Waals surface area contributed by atoms with Crippen LogP contribution in [0.25, 0.3) is 10.9 Å². The summed E-state index contributed by atoms with van der Waals surface area (Å²) >= 11 is 0. The predicted molar refractivity (Wildman–Crippen MR) is 61.4 cm³/mol. The summed E-state index contributed by atoms with van der Waals surface area (Å²) in [5.74, 6) is 0.391. The zero-order valence-corrected chi connectivity index (χ0v) is 7.91. The van der Waals surface area contributed by atoms with Gasteiger partial charge in [0.1, 0.15) is 0 Å². The number of hydrogen-bond acceptors (Lipinski definition) is 2. The molecule has 0 saturated carbocycles. The van der Waals surface area contributed by atoms with Gasteiger partial charge in [-0.3, -0.25) is 4.79 Å². The molecule has 4 heteroatoms. The molecular weight excluding hydrogens is 201 g/mol. The molecule has 0 atom stereocenters. The van der Waals surface area contributed by atoms with E-state index in [9.17, 15) is 4.79 Å². The average molecular weight is 213 g/mol. The van der Waals surface area contributed by atoms with E-state index in [0.29, 0.717) is 12.2 Å². The topological polar surface area (TPSA) is 42.1 Å². The van der Waals surface area contributed by atoms with Gasteiger partial charge in [0, 0.05) is 23.5 Å². The fourth-order valence-electron chi connectivity index (χ4n) is 1.32. The van der Waals surface area contributed by atoms with Gasteiger partial charge < -0.3 is 9.72 Å². The maximum absolute atomic E-state index is 11.1. The monoisotopic (exact) mass is 213 g/mol. The van der Waals surface area contributed by atoms with Gasteiger partial charge in [0.15, 0.2) is 5.75 Å². The molecule has 0 amide bonds. The van der Waals surface area contributed by atoms with Crippen LogP contribution < -0.4 is 4.74 Å². The summed E-state index contributed by atoms with van der Waals surface area (Å²) in [6.45, 7) is 1.77. The summed E-state index contributed by atoms with van der Waals surface area (Å²) in [6, 6.07) is 7.71. The van der Waals surface area contributed by atoms with Gasteiger partial charge >= 0.3 is 35.5 Å². The molecule has 2 rings (SSSR count).